The molecule has 0 bridgehead atoms. The predicted molar refractivity (Wildman–Crippen MR) is 87.8 cm³/mol. The molecule has 0 saturated heterocycles. The average Bonchev–Trinajstić information content (AvgIpc) is 2.56. The van der Waals surface area contributed by atoms with Gasteiger partial charge < -0.3 is 10.2 Å². The summed E-state index contributed by atoms with van der Waals surface area (Å²) in [6.07, 6.45) is -4.39. The lowest BCUT2D eigenvalue weighted by Gasteiger charge is -2.30. The Kier molecular flexibility index (Phi) is 5.65. The molecule has 4 nitrogen and oxygen atoms in total. The first-order valence-electron chi connectivity index (χ1n) is 7.44. The van der Waals surface area contributed by atoms with Gasteiger partial charge in [-0.1, -0.05) is 42.5 Å². The van der Waals surface area contributed by atoms with Crippen LogP contribution < -0.4 is 5.32 Å². The van der Waals surface area contributed by atoms with Crippen LogP contribution in [0.1, 0.15) is 17.2 Å². The maximum Gasteiger partial charge on any atom is 0.413 e. The molecule has 25 heavy (non-hydrogen) atoms. The predicted octanol–water partition coefficient (Wildman–Crippen LogP) is 4.52. The third kappa shape index (κ3) is 4.73. The summed E-state index contributed by atoms with van der Waals surface area (Å²) < 4.78 is 40.3. The maximum atomic E-state index is 13.4. The molecule has 2 aromatic carbocycles. The Morgan fingerprint density at radius 2 is 1.76 bits per heavy atom. The van der Waals surface area contributed by atoms with Crippen LogP contribution in [0.25, 0.3) is 0 Å². The van der Waals surface area contributed by atoms with Crippen molar-refractivity contribution < 1.29 is 18.0 Å². The number of nitriles is 1. The zero-order valence-electron chi connectivity index (χ0n) is 13.4. The standard InChI is InChI=1S/C18H16F3N3O/c1-24(16(18(19,20)21)14-5-3-2-4-6-14)17(25)23-15-9-7-13(8-10-15)11-12-22/h2-10,16H,11H2,1H3,(H,23,25)/t16-/m0/s1. The molecule has 130 valence electrons. The summed E-state index contributed by atoms with van der Waals surface area (Å²) in [5.74, 6) is 0. The molecular weight excluding hydrogens is 331 g/mol. The summed E-state index contributed by atoms with van der Waals surface area (Å²) in [5, 5.41) is 11.1. The zero-order valence-corrected chi connectivity index (χ0v) is 13.4. The number of hydrogen-bond donors (Lipinski definition) is 1. The third-order valence-corrected chi connectivity index (χ3v) is 3.62. The normalized spacial score (nSPS) is 12.1. The fourth-order valence-corrected chi connectivity index (χ4v) is 2.39. The molecule has 2 aromatic rings. The highest BCUT2D eigenvalue weighted by atomic mass is 19.4. The second-order valence-corrected chi connectivity index (χ2v) is 5.43. The van der Waals surface area contributed by atoms with Crippen LogP contribution in [0.4, 0.5) is 23.7 Å². The minimum absolute atomic E-state index is 0.0166. The largest absolute Gasteiger partial charge is 0.413 e. The lowest BCUT2D eigenvalue weighted by molar-refractivity contribution is -0.175. The minimum Gasteiger partial charge on any atom is -0.311 e. The minimum atomic E-state index is -4.61. The number of nitrogens with zero attached hydrogens (tertiary/aromatic N) is 2. The van der Waals surface area contributed by atoms with Crippen LogP contribution in [0.3, 0.4) is 0 Å². The summed E-state index contributed by atoms with van der Waals surface area (Å²) in [6.45, 7) is 0. The van der Waals surface area contributed by atoms with Crippen LogP contribution in [0.15, 0.2) is 54.6 Å². The molecule has 0 unspecified atom stereocenters. The van der Waals surface area contributed by atoms with E-state index in [1.165, 1.54) is 24.3 Å². The van der Waals surface area contributed by atoms with E-state index in [9.17, 15) is 18.0 Å². The van der Waals surface area contributed by atoms with E-state index in [1.807, 2.05) is 6.07 Å². The van der Waals surface area contributed by atoms with Crippen molar-refractivity contribution in [2.75, 3.05) is 12.4 Å². The van der Waals surface area contributed by atoms with Crippen LogP contribution in [0.2, 0.25) is 0 Å². The summed E-state index contributed by atoms with van der Waals surface area (Å²) in [7, 11) is 1.10. The van der Waals surface area contributed by atoms with Gasteiger partial charge in [-0.3, -0.25) is 0 Å². The monoisotopic (exact) mass is 347 g/mol. The lowest BCUT2D eigenvalue weighted by Crippen LogP contribution is -2.41. The summed E-state index contributed by atoms with van der Waals surface area (Å²) >= 11 is 0. The van der Waals surface area contributed by atoms with Crippen LogP contribution in [0, 0.1) is 11.3 Å². The van der Waals surface area contributed by atoms with Gasteiger partial charge in [0.05, 0.1) is 12.5 Å². The second-order valence-electron chi connectivity index (χ2n) is 5.43. The van der Waals surface area contributed by atoms with E-state index in [2.05, 4.69) is 5.32 Å². The van der Waals surface area contributed by atoms with Crippen molar-refractivity contribution in [1.29, 1.82) is 5.26 Å². The molecular formula is C18H16F3N3O. The van der Waals surface area contributed by atoms with Gasteiger partial charge in [-0.05, 0) is 23.3 Å². The number of urea groups is 1. The van der Waals surface area contributed by atoms with Crippen molar-refractivity contribution in [2.45, 2.75) is 18.6 Å². The van der Waals surface area contributed by atoms with Gasteiger partial charge in [0.25, 0.3) is 0 Å². The average molecular weight is 347 g/mol. The van der Waals surface area contributed by atoms with Crippen molar-refractivity contribution in [1.82, 2.24) is 4.90 Å². The Bertz CT molecular complexity index is 752. The van der Waals surface area contributed by atoms with Gasteiger partial charge in [0.15, 0.2) is 6.04 Å². The Morgan fingerprint density at radius 3 is 2.28 bits per heavy atom. The Hall–Kier alpha value is -3.01. The van der Waals surface area contributed by atoms with E-state index in [4.69, 9.17) is 5.26 Å². The first-order valence-corrected chi connectivity index (χ1v) is 7.44. The first kappa shape index (κ1) is 18.3. The lowest BCUT2D eigenvalue weighted by atomic mass is 10.1. The number of halogens is 3. The number of carbonyl (C=O) groups excluding carboxylic acids is 1. The van der Waals surface area contributed by atoms with Gasteiger partial charge in [0.1, 0.15) is 0 Å². The van der Waals surface area contributed by atoms with Crippen LogP contribution >= 0.6 is 0 Å². The number of benzene rings is 2. The first-order chi connectivity index (χ1) is 11.8. The number of amides is 2. The molecule has 7 heteroatoms. The maximum absolute atomic E-state index is 13.4. The molecule has 2 rings (SSSR count). The molecule has 1 atom stereocenters. The molecule has 0 aliphatic carbocycles. The van der Waals surface area contributed by atoms with Crippen LogP contribution in [-0.4, -0.2) is 24.2 Å². The van der Waals surface area contributed by atoms with Crippen LogP contribution in [-0.2, 0) is 6.42 Å². The van der Waals surface area contributed by atoms with E-state index in [0.717, 1.165) is 12.6 Å². The fourth-order valence-electron chi connectivity index (χ4n) is 2.39. The smallest absolute Gasteiger partial charge is 0.311 e. The summed E-state index contributed by atoms with van der Waals surface area (Å²) in [6, 6.07) is 12.7. The Morgan fingerprint density at radius 1 is 1.16 bits per heavy atom. The highest BCUT2D eigenvalue weighted by molar-refractivity contribution is 5.89. The van der Waals surface area contributed by atoms with Crippen molar-refractivity contribution >= 4 is 11.7 Å². The van der Waals surface area contributed by atoms with Crippen molar-refractivity contribution in [3.63, 3.8) is 0 Å². The number of nitrogens with one attached hydrogen (secondary N) is 1. The number of alkyl halides is 3. The fraction of sp³-hybridized carbons (Fsp3) is 0.222. The van der Waals surface area contributed by atoms with E-state index >= 15 is 0 Å². The van der Waals surface area contributed by atoms with Gasteiger partial charge in [-0.25, -0.2) is 4.79 Å². The van der Waals surface area contributed by atoms with E-state index < -0.39 is 18.2 Å². The topological polar surface area (TPSA) is 56.1 Å². The van der Waals surface area contributed by atoms with Gasteiger partial charge in [-0.15, -0.1) is 0 Å². The summed E-state index contributed by atoms with van der Waals surface area (Å²) in [4.78, 5) is 12.9. The highest BCUT2D eigenvalue weighted by Crippen LogP contribution is 2.37. The molecule has 0 spiro atoms. The van der Waals surface area contributed by atoms with Gasteiger partial charge in [0.2, 0.25) is 0 Å². The van der Waals surface area contributed by atoms with E-state index in [0.29, 0.717) is 10.6 Å². The van der Waals surface area contributed by atoms with Crippen molar-refractivity contribution in [3.05, 3.63) is 65.7 Å². The number of carbonyl (C=O) groups is 1. The molecule has 0 aliphatic rings. The number of hydrogen-bond acceptors (Lipinski definition) is 2. The highest BCUT2D eigenvalue weighted by Gasteiger charge is 2.45. The van der Waals surface area contributed by atoms with Crippen molar-refractivity contribution in [3.8, 4) is 6.07 Å². The number of rotatable bonds is 4. The zero-order chi connectivity index (χ0) is 18.4. The summed E-state index contributed by atoms with van der Waals surface area (Å²) in [5.41, 5.74) is 1.09. The van der Waals surface area contributed by atoms with Gasteiger partial charge in [0, 0.05) is 12.7 Å². The Labute approximate surface area is 143 Å². The van der Waals surface area contributed by atoms with E-state index in [-0.39, 0.29) is 12.0 Å². The van der Waals surface area contributed by atoms with Gasteiger partial charge >= 0.3 is 12.2 Å². The van der Waals surface area contributed by atoms with Gasteiger partial charge in [-0.2, -0.15) is 18.4 Å². The molecule has 0 aliphatic heterocycles. The molecule has 0 saturated carbocycles. The third-order valence-electron chi connectivity index (χ3n) is 3.62. The molecule has 0 radical (unpaired) electrons. The SMILES string of the molecule is CN(C(=O)Nc1ccc(CC#N)cc1)[C@@H](c1ccccc1)C(F)(F)F. The molecule has 0 aromatic heterocycles. The van der Waals surface area contributed by atoms with Crippen molar-refractivity contribution in [2.24, 2.45) is 0 Å². The molecule has 1 N–H and O–H groups in total. The molecule has 0 heterocycles. The number of anilines is 1. The molecule has 0 fully saturated rings. The quantitative estimate of drug-likeness (QED) is 0.884. The second kappa shape index (κ2) is 7.71. The van der Waals surface area contributed by atoms with E-state index in [1.54, 1.807) is 30.3 Å². The van der Waals surface area contributed by atoms with Crippen LogP contribution in [0.5, 0.6) is 0 Å². The molecule has 2 amide bonds. The Balaban J connectivity index is 2.17.